The number of nitrogens with two attached hydrogens (primary N) is 1. The predicted octanol–water partition coefficient (Wildman–Crippen LogP) is 2.14. The van der Waals surface area contributed by atoms with Crippen molar-refractivity contribution in [3.63, 3.8) is 0 Å². The number of benzene rings is 1. The smallest absolute Gasteiger partial charge is 0.274 e. The standard InChI is InChI=1S/C17H17ClN6O3/c1-2-23-9-13(15(22-23)16(19)25)21-17(26)14-7-8-20-24(14)10-27-12-5-3-11(18)4-6-12/h3-9H,2,10H2,1H3,(H2,19,25)(H,21,26). The Morgan fingerprint density at radius 1 is 1.26 bits per heavy atom. The molecule has 0 saturated heterocycles. The van der Waals surface area contributed by atoms with Gasteiger partial charge in [0.05, 0.1) is 5.69 Å². The third-order valence-electron chi connectivity index (χ3n) is 3.68. The molecule has 2 heterocycles. The Kier molecular flexibility index (Phi) is 5.41. The van der Waals surface area contributed by atoms with Crippen LogP contribution in [-0.2, 0) is 13.3 Å². The summed E-state index contributed by atoms with van der Waals surface area (Å²) in [5, 5.41) is 11.4. The fourth-order valence-electron chi connectivity index (χ4n) is 2.34. The van der Waals surface area contributed by atoms with E-state index >= 15 is 0 Å². The van der Waals surface area contributed by atoms with Crippen LogP contribution in [0.15, 0.2) is 42.7 Å². The number of anilines is 1. The number of rotatable bonds is 7. The lowest BCUT2D eigenvalue weighted by molar-refractivity contribution is 0.0995. The van der Waals surface area contributed by atoms with Gasteiger partial charge in [-0.2, -0.15) is 10.2 Å². The average Bonchev–Trinajstić information content (AvgIpc) is 3.28. The van der Waals surface area contributed by atoms with E-state index in [0.717, 1.165) is 0 Å². The van der Waals surface area contributed by atoms with E-state index in [1.54, 1.807) is 30.5 Å². The van der Waals surface area contributed by atoms with Crippen LogP contribution in [0.4, 0.5) is 5.69 Å². The van der Waals surface area contributed by atoms with Gasteiger partial charge in [0.15, 0.2) is 12.4 Å². The summed E-state index contributed by atoms with van der Waals surface area (Å²) in [4.78, 5) is 24.1. The Bertz CT molecular complexity index is 963. The zero-order chi connectivity index (χ0) is 19.4. The highest BCUT2D eigenvalue weighted by Crippen LogP contribution is 2.17. The molecule has 0 spiro atoms. The quantitative estimate of drug-likeness (QED) is 0.643. The van der Waals surface area contributed by atoms with Crippen LogP contribution >= 0.6 is 11.6 Å². The molecule has 0 radical (unpaired) electrons. The topological polar surface area (TPSA) is 117 Å². The maximum absolute atomic E-state index is 12.6. The maximum atomic E-state index is 12.6. The van der Waals surface area contributed by atoms with Gasteiger partial charge in [0.2, 0.25) is 0 Å². The van der Waals surface area contributed by atoms with Crippen molar-refractivity contribution in [2.75, 3.05) is 5.32 Å². The molecule has 9 nitrogen and oxygen atoms in total. The second-order valence-electron chi connectivity index (χ2n) is 5.51. The zero-order valence-electron chi connectivity index (χ0n) is 14.4. The molecule has 1 aromatic carbocycles. The predicted molar refractivity (Wildman–Crippen MR) is 98.7 cm³/mol. The number of carbonyl (C=O) groups is 2. The van der Waals surface area contributed by atoms with Crippen LogP contribution < -0.4 is 15.8 Å². The molecule has 10 heteroatoms. The van der Waals surface area contributed by atoms with Crippen molar-refractivity contribution in [1.82, 2.24) is 19.6 Å². The minimum atomic E-state index is -0.725. The molecule has 3 rings (SSSR count). The van der Waals surface area contributed by atoms with E-state index in [-0.39, 0.29) is 23.8 Å². The van der Waals surface area contributed by atoms with Crippen molar-refractivity contribution in [3.8, 4) is 5.75 Å². The fraction of sp³-hybridized carbons (Fsp3) is 0.176. The molecule has 2 amide bonds. The lowest BCUT2D eigenvalue weighted by Crippen LogP contribution is -2.21. The number of ether oxygens (including phenoxy) is 1. The van der Waals surface area contributed by atoms with E-state index in [1.807, 2.05) is 6.92 Å². The molecule has 0 aliphatic heterocycles. The summed E-state index contributed by atoms with van der Waals surface area (Å²) in [6, 6.07) is 8.36. The Morgan fingerprint density at radius 3 is 2.67 bits per heavy atom. The van der Waals surface area contributed by atoms with Crippen LogP contribution in [-0.4, -0.2) is 31.4 Å². The first kappa shape index (κ1) is 18.5. The van der Waals surface area contributed by atoms with Crippen LogP contribution in [0.25, 0.3) is 0 Å². The molecule has 3 N–H and O–H groups in total. The number of hydrogen-bond donors (Lipinski definition) is 2. The Hall–Kier alpha value is -3.33. The lowest BCUT2D eigenvalue weighted by Gasteiger charge is -2.10. The van der Waals surface area contributed by atoms with Crippen molar-refractivity contribution in [1.29, 1.82) is 0 Å². The van der Waals surface area contributed by atoms with Crippen molar-refractivity contribution >= 4 is 29.1 Å². The number of aromatic nitrogens is 4. The highest BCUT2D eigenvalue weighted by molar-refractivity contribution is 6.30. The third-order valence-corrected chi connectivity index (χ3v) is 3.94. The van der Waals surface area contributed by atoms with Crippen LogP contribution in [0.1, 0.15) is 27.9 Å². The molecule has 0 aliphatic rings. The average molecular weight is 389 g/mol. The van der Waals surface area contributed by atoms with E-state index in [0.29, 0.717) is 17.3 Å². The summed E-state index contributed by atoms with van der Waals surface area (Å²) in [6.07, 6.45) is 3.02. The van der Waals surface area contributed by atoms with E-state index in [4.69, 9.17) is 22.1 Å². The summed E-state index contributed by atoms with van der Waals surface area (Å²) in [6.45, 7) is 2.41. The first-order valence-electron chi connectivity index (χ1n) is 8.06. The molecule has 0 atom stereocenters. The van der Waals surface area contributed by atoms with E-state index in [1.165, 1.54) is 21.6 Å². The van der Waals surface area contributed by atoms with Crippen LogP contribution in [0.3, 0.4) is 0 Å². The second kappa shape index (κ2) is 7.92. The Balaban J connectivity index is 1.73. The van der Waals surface area contributed by atoms with Gasteiger partial charge < -0.3 is 15.8 Å². The van der Waals surface area contributed by atoms with Gasteiger partial charge in [-0.25, -0.2) is 4.68 Å². The first-order chi connectivity index (χ1) is 13.0. The lowest BCUT2D eigenvalue weighted by atomic mass is 10.3. The molecular formula is C17H17ClN6O3. The zero-order valence-corrected chi connectivity index (χ0v) is 15.2. The minimum Gasteiger partial charge on any atom is -0.471 e. The van der Waals surface area contributed by atoms with Crippen LogP contribution in [0.5, 0.6) is 5.75 Å². The van der Waals surface area contributed by atoms with Gasteiger partial charge >= 0.3 is 0 Å². The molecule has 27 heavy (non-hydrogen) atoms. The van der Waals surface area contributed by atoms with E-state index < -0.39 is 11.8 Å². The highest BCUT2D eigenvalue weighted by Gasteiger charge is 2.19. The number of halogens is 1. The van der Waals surface area contributed by atoms with Gasteiger partial charge in [-0.15, -0.1) is 0 Å². The second-order valence-corrected chi connectivity index (χ2v) is 5.95. The molecular weight excluding hydrogens is 372 g/mol. The molecule has 140 valence electrons. The fourth-order valence-corrected chi connectivity index (χ4v) is 2.46. The SMILES string of the molecule is CCn1cc(NC(=O)c2ccnn2COc2ccc(Cl)cc2)c(C(N)=O)n1. The molecule has 0 aliphatic carbocycles. The summed E-state index contributed by atoms with van der Waals surface area (Å²) < 4.78 is 8.50. The van der Waals surface area contributed by atoms with Crippen molar-refractivity contribution in [3.05, 3.63) is 59.1 Å². The largest absolute Gasteiger partial charge is 0.471 e. The van der Waals surface area contributed by atoms with Crippen molar-refractivity contribution in [2.24, 2.45) is 5.73 Å². The van der Waals surface area contributed by atoms with E-state index in [2.05, 4.69) is 15.5 Å². The van der Waals surface area contributed by atoms with Crippen LogP contribution in [0, 0.1) is 0 Å². The van der Waals surface area contributed by atoms with Gasteiger partial charge in [-0.05, 0) is 37.3 Å². The number of primary amides is 1. The normalized spacial score (nSPS) is 10.6. The van der Waals surface area contributed by atoms with Crippen molar-refractivity contribution < 1.29 is 14.3 Å². The number of hydrogen-bond acceptors (Lipinski definition) is 5. The molecule has 3 aromatic rings. The summed E-state index contributed by atoms with van der Waals surface area (Å²) in [7, 11) is 0. The molecule has 0 unspecified atom stereocenters. The van der Waals surface area contributed by atoms with Crippen LogP contribution in [0.2, 0.25) is 5.02 Å². The third kappa shape index (κ3) is 4.26. The maximum Gasteiger partial charge on any atom is 0.274 e. The summed E-state index contributed by atoms with van der Waals surface area (Å²) in [5.74, 6) is -0.607. The number of carbonyl (C=O) groups excluding carboxylic acids is 2. The van der Waals surface area contributed by atoms with Gasteiger partial charge in [0, 0.05) is 24.0 Å². The first-order valence-corrected chi connectivity index (χ1v) is 8.44. The van der Waals surface area contributed by atoms with Crippen molar-refractivity contribution in [2.45, 2.75) is 20.2 Å². The van der Waals surface area contributed by atoms with E-state index in [9.17, 15) is 9.59 Å². The van der Waals surface area contributed by atoms with Gasteiger partial charge in [-0.3, -0.25) is 14.3 Å². The molecule has 2 aromatic heterocycles. The molecule has 0 bridgehead atoms. The highest BCUT2D eigenvalue weighted by atomic mass is 35.5. The van der Waals surface area contributed by atoms with Gasteiger partial charge in [0.1, 0.15) is 11.4 Å². The Labute approximate surface area is 159 Å². The monoisotopic (exact) mass is 388 g/mol. The number of amides is 2. The molecule has 0 fully saturated rings. The number of aryl methyl sites for hydroxylation is 1. The summed E-state index contributed by atoms with van der Waals surface area (Å²) in [5.41, 5.74) is 5.80. The minimum absolute atomic E-state index is 0.00585. The number of nitrogens with one attached hydrogen (secondary N) is 1. The van der Waals surface area contributed by atoms with Gasteiger partial charge in [-0.1, -0.05) is 11.6 Å². The van der Waals surface area contributed by atoms with Gasteiger partial charge in [0.25, 0.3) is 11.8 Å². The summed E-state index contributed by atoms with van der Waals surface area (Å²) >= 11 is 5.84. The molecule has 0 saturated carbocycles. The number of nitrogens with zero attached hydrogens (tertiary/aromatic N) is 4. The Morgan fingerprint density at radius 2 is 2.00 bits per heavy atom.